The molecule has 0 bridgehead atoms. The summed E-state index contributed by atoms with van der Waals surface area (Å²) in [4.78, 5) is 24.5. The highest BCUT2D eigenvalue weighted by atomic mass is 32.2. The maximum atomic E-state index is 13.8. The summed E-state index contributed by atoms with van der Waals surface area (Å²) in [6.07, 6.45) is 0.230. The number of nitrogens with zero attached hydrogens (tertiary/aromatic N) is 1. The topological polar surface area (TPSA) is 156 Å². The number of amides is 2. The maximum Gasteiger partial charge on any atom is 0.326 e. The number of carbonyl (C=O) groups excluding carboxylic acids is 2. The Kier molecular flexibility index (Phi) is 8.86. The number of carbonyl (C=O) groups is 2. The highest BCUT2D eigenvalue weighted by Crippen LogP contribution is 2.39. The van der Waals surface area contributed by atoms with Gasteiger partial charge in [0.05, 0.1) is 16.1 Å². The van der Waals surface area contributed by atoms with Crippen molar-refractivity contribution in [3.8, 4) is 0 Å². The van der Waals surface area contributed by atoms with Crippen LogP contribution in [0, 0.1) is 0 Å². The molecule has 1 saturated heterocycles. The quantitative estimate of drug-likeness (QED) is 0.217. The molecule has 228 valence electrons. The van der Waals surface area contributed by atoms with Crippen molar-refractivity contribution in [2.24, 2.45) is 5.73 Å². The summed E-state index contributed by atoms with van der Waals surface area (Å²) in [6.45, 7) is -0.384. The molecule has 4 N–H and O–H groups in total. The first-order valence-corrected chi connectivity index (χ1v) is 16.8. The zero-order valence-electron chi connectivity index (χ0n) is 23.7. The summed E-state index contributed by atoms with van der Waals surface area (Å²) >= 11 is 0. The average molecular weight is 633 g/mol. The van der Waals surface area contributed by atoms with Crippen molar-refractivity contribution in [1.29, 1.82) is 0 Å². The van der Waals surface area contributed by atoms with Gasteiger partial charge in [0.2, 0.25) is 15.9 Å². The Labute approximate surface area is 257 Å². The van der Waals surface area contributed by atoms with Crippen LogP contribution in [0.25, 0.3) is 0 Å². The second-order valence-corrected chi connectivity index (χ2v) is 13.9. The first-order valence-electron chi connectivity index (χ1n) is 13.9. The molecule has 0 spiro atoms. The number of nitrogens with two attached hydrogens (primary N) is 1. The lowest BCUT2D eigenvalue weighted by atomic mass is 9.78. The molecule has 4 aromatic carbocycles. The van der Waals surface area contributed by atoms with Crippen LogP contribution in [-0.2, 0) is 35.4 Å². The van der Waals surface area contributed by atoms with E-state index in [9.17, 15) is 26.4 Å². The van der Waals surface area contributed by atoms with Crippen molar-refractivity contribution < 1.29 is 26.4 Å². The minimum absolute atomic E-state index is 0.0147. The predicted molar refractivity (Wildman–Crippen MR) is 167 cm³/mol. The fourth-order valence-electron chi connectivity index (χ4n) is 5.60. The Morgan fingerprint density at radius 3 is 1.86 bits per heavy atom. The van der Waals surface area contributed by atoms with Gasteiger partial charge in [-0.2, -0.15) is 8.42 Å². The fraction of sp³-hybridized carbons (Fsp3) is 0.188. The van der Waals surface area contributed by atoms with Gasteiger partial charge in [-0.25, -0.2) is 22.2 Å². The van der Waals surface area contributed by atoms with Gasteiger partial charge < -0.3 is 5.73 Å². The second kappa shape index (κ2) is 12.6. The molecule has 1 heterocycles. The number of anilines is 1. The lowest BCUT2D eigenvalue weighted by molar-refractivity contribution is -0.119. The van der Waals surface area contributed by atoms with Crippen LogP contribution in [0.1, 0.15) is 41.9 Å². The maximum absolute atomic E-state index is 13.8. The van der Waals surface area contributed by atoms with Gasteiger partial charge in [0.15, 0.2) is 0 Å². The molecule has 1 atom stereocenters. The van der Waals surface area contributed by atoms with Crippen LogP contribution in [-0.4, -0.2) is 35.2 Å². The third kappa shape index (κ3) is 6.83. The molecule has 0 aliphatic carbocycles. The van der Waals surface area contributed by atoms with E-state index in [0.717, 1.165) is 15.4 Å². The monoisotopic (exact) mass is 632 g/mol. The number of benzene rings is 4. The number of rotatable bonds is 12. The van der Waals surface area contributed by atoms with Gasteiger partial charge in [-0.05, 0) is 53.8 Å². The van der Waals surface area contributed by atoms with Gasteiger partial charge in [0, 0.05) is 12.3 Å². The first-order chi connectivity index (χ1) is 21.0. The molecule has 1 aliphatic rings. The van der Waals surface area contributed by atoms with Crippen LogP contribution in [0.3, 0.4) is 0 Å². The first kappa shape index (κ1) is 30.9. The number of nitrogens with one attached hydrogen (secondary N) is 2. The van der Waals surface area contributed by atoms with E-state index in [1.54, 1.807) is 30.3 Å². The molecule has 44 heavy (non-hydrogen) atoms. The number of hydrogen-bond donors (Lipinski definition) is 3. The molecule has 1 aliphatic heterocycles. The molecule has 5 rings (SSSR count). The van der Waals surface area contributed by atoms with Crippen LogP contribution < -0.4 is 19.5 Å². The van der Waals surface area contributed by atoms with Gasteiger partial charge in [0.1, 0.15) is 6.54 Å². The molecule has 10 nitrogen and oxygen atoms in total. The van der Waals surface area contributed by atoms with E-state index < -0.39 is 37.6 Å². The molecule has 12 heteroatoms. The molecule has 1 unspecified atom stereocenters. The Morgan fingerprint density at radius 1 is 0.864 bits per heavy atom. The van der Waals surface area contributed by atoms with Crippen molar-refractivity contribution in [3.05, 3.63) is 132 Å². The van der Waals surface area contributed by atoms with Crippen molar-refractivity contribution in [2.75, 3.05) is 10.8 Å². The summed E-state index contributed by atoms with van der Waals surface area (Å²) in [7, 11) is -8.22. The number of primary amides is 1. The van der Waals surface area contributed by atoms with E-state index in [2.05, 4.69) is 4.72 Å². The molecule has 2 amide bonds. The lowest BCUT2D eigenvalue weighted by Crippen LogP contribution is -2.48. The van der Waals surface area contributed by atoms with E-state index in [1.165, 1.54) is 24.3 Å². The van der Waals surface area contributed by atoms with E-state index >= 15 is 0 Å². The predicted octanol–water partition coefficient (Wildman–Crippen LogP) is 3.53. The van der Waals surface area contributed by atoms with Crippen LogP contribution in [0.5, 0.6) is 0 Å². The lowest BCUT2D eigenvalue weighted by Gasteiger charge is -2.36. The van der Waals surface area contributed by atoms with Crippen LogP contribution in [0.2, 0.25) is 0 Å². The minimum Gasteiger partial charge on any atom is -0.370 e. The largest absolute Gasteiger partial charge is 0.370 e. The normalized spacial score (nSPS) is 15.9. The van der Waals surface area contributed by atoms with Crippen molar-refractivity contribution in [2.45, 2.75) is 35.6 Å². The second-order valence-electron chi connectivity index (χ2n) is 10.6. The smallest absolute Gasteiger partial charge is 0.326 e. The van der Waals surface area contributed by atoms with E-state index in [1.807, 2.05) is 65.4 Å². The summed E-state index contributed by atoms with van der Waals surface area (Å²) in [5.74, 6) is -1.53. The minimum atomic E-state index is -4.16. The van der Waals surface area contributed by atoms with Crippen molar-refractivity contribution in [3.63, 3.8) is 0 Å². The van der Waals surface area contributed by atoms with E-state index in [-0.39, 0.29) is 35.9 Å². The van der Waals surface area contributed by atoms with E-state index in [0.29, 0.717) is 12.0 Å². The van der Waals surface area contributed by atoms with Crippen LogP contribution >= 0.6 is 0 Å². The third-order valence-electron chi connectivity index (χ3n) is 7.65. The molecule has 0 aromatic heterocycles. The molecule has 0 radical (unpaired) electrons. The van der Waals surface area contributed by atoms with Gasteiger partial charge in [-0.1, -0.05) is 91.0 Å². The number of sulfonamides is 1. The Morgan fingerprint density at radius 2 is 1.39 bits per heavy atom. The Hall–Kier alpha value is -4.52. The third-order valence-corrected chi connectivity index (χ3v) is 10.6. The SMILES string of the molecule is NC(=O)CC(CCC(c1ccccc1)c1ccccc1)(NS(=O)(=O)c1ccccc1)c1ccc(N2CC(=O)NS2(=O)=O)cc1. The highest BCUT2D eigenvalue weighted by Gasteiger charge is 2.40. The van der Waals surface area contributed by atoms with Crippen molar-refractivity contribution >= 4 is 37.7 Å². The van der Waals surface area contributed by atoms with Crippen LogP contribution in [0.4, 0.5) is 5.69 Å². The standard InChI is InChI=1S/C32H32N4O6S2/c33-30(37)22-32(35-43(39,40)28-14-8-3-9-15-28,26-16-18-27(19-17-26)36-23-31(38)34-44(36,41)42)21-20-29(24-10-4-1-5-11-24)25-12-6-2-7-13-25/h1-19,29,35H,20-23H2,(H2,33,37)(H,34,38). The van der Waals surface area contributed by atoms with E-state index in [4.69, 9.17) is 5.73 Å². The van der Waals surface area contributed by atoms with Gasteiger partial charge in [0.25, 0.3) is 5.91 Å². The van der Waals surface area contributed by atoms with Gasteiger partial charge in [-0.15, -0.1) is 0 Å². The highest BCUT2D eigenvalue weighted by molar-refractivity contribution is 7.92. The zero-order valence-corrected chi connectivity index (χ0v) is 25.3. The summed E-state index contributed by atoms with van der Waals surface area (Å²) in [6, 6.07) is 33.5. The Balaban J connectivity index is 1.60. The Bertz CT molecular complexity index is 1800. The van der Waals surface area contributed by atoms with Crippen LogP contribution in [0.15, 0.2) is 120 Å². The molecular weight excluding hydrogens is 601 g/mol. The number of hydrogen-bond acceptors (Lipinski definition) is 6. The fourth-order valence-corrected chi connectivity index (χ4v) is 8.19. The summed E-state index contributed by atoms with van der Waals surface area (Å²) < 4.78 is 58.1. The molecular formula is C32H32N4O6S2. The van der Waals surface area contributed by atoms with Gasteiger partial charge in [-0.3, -0.25) is 9.59 Å². The average Bonchev–Trinajstić information content (AvgIpc) is 3.29. The molecule has 4 aromatic rings. The summed E-state index contributed by atoms with van der Waals surface area (Å²) in [5.41, 5.74) is 6.93. The zero-order chi connectivity index (χ0) is 31.4. The summed E-state index contributed by atoms with van der Waals surface area (Å²) in [5, 5.41) is 0. The van der Waals surface area contributed by atoms with Gasteiger partial charge >= 0.3 is 10.2 Å². The molecule has 0 saturated carbocycles. The molecule has 1 fully saturated rings. The van der Waals surface area contributed by atoms with Crippen molar-refractivity contribution in [1.82, 2.24) is 9.44 Å².